The van der Waals surface area contributed by atoms with Crippen LogP contribution in [0, 0.1) is 0 Å². The molecular weight excluding hydrogens is 264 g/mol. The van der Waals surface area contributed by atoms with Crippen LogP contribution in [-0.4, -0.2) is 54.8 Å². The molecule has 0 fully saturated rings. The molecule has 0 unspecified atom stereocenters. The maximum atomic E-state index is 0. The van der Waals surface area contributed by atoms with Crippen molar-refractivity contribution in [2.75, 3.05) is 0 Å². The molecule has 0 aromatic rings. The molecule has 12 heavy (non-hydrogen) atoms. The van der Waals surface area contributed by atoms with Gasteiger partial charge in [-0.25, -0.2) is 0 Å². The first kappa shape index (κ1) is 3900. The predicted molar refractivity (Wildman–Crippen MR) is 37.3 cm³/mol. The summed E-state index contributed by atoms with van der Waals surface area (Å²) in [6.07, 6.45) is 0. The van der Waals surface area contributed by atoms with Crippen LogP contribution in [0.25, 0.3) is 0 Å². The van der Waals surface area contributed by atoms with Crippen LogP contribution in [0.5, 0.6) is 0 Å². The molecule has 0 aliphatic heterocycles. The minimum atomic E-state index is 0. The molecule has 0 aliphatic carbocycles. The average molecular weight is 285 g/mol. The van der Waals surface area contributed by atoms with Gasteiger partial charge in [-0.15, -0.1) is 0 Å². The van der Waals surface area contributed by atoms with Crippen LogP contribution in [-0.2, 0) is 34.7 Å². The fourth-order valence-electron chi connectivity index (χ4n) is 0. The monoisotopic (exact) mass is 285 g/mol. The molecule has 0 spiro atoms. The van der Waals surface area contributed by atoms with Gasteiger partial charge in [0.1, 0.15) is 0 Å². The Kier molecular flexibility index (Phi) is 975000. The van der Waals surface area contributed by atoms with Crippen molar-refractivity contribution in [2.45, 2.75) is 0 Å². The van der Waals surface area contributed by atoms with E-state index in [-0.39, 0.29) is 90.9 Å². The Morgan fingerprint density at radius 3 is 0.250 bits per heavy atom. The van der Waals surface area contributed by atoms with E-state index in [4.69, 9.17) is 0 Å². The molecular formula is H21Cr2O10+. The van der Waals surface area contributed by atoms with Gasteiger partial charge >= 0.3 is 1.43 Å². The zero-order valence-corrected chi connectivity index (χ0v) is 8.37. The van der Waals surface area contributed by atoms with Gasteiger partial charge in [0, 0.05) is 34.7 Å². The van der Waals surface area contributed by atoms with Gasteiger partial charge in [-0.05, 0) is 0 Å². The van der Waals surface area contributed by atoms with Gasteiger partial charge in [0.2, 0.25) is 0 Å². The van der Waals surface area contributed by atoms with Crippen molar-refractivity contribution in [3.63, 3.8) is 0 Å². The van der Waals surface area contributed by atoms with Crippen molar-refractivity contribution in [3.05, 3.63) is 0 Å². The summed E-state index contributed by atoms with van der Waals surface area (Å²) >= 11 is 0. The van der Waals surface area contributed by atoms with Crippen molar-refractivity contribution < 1.29 is 90.9 Å². The molecule has 0 radical (unpaired) electrons. The maximum absolute atomic E-state index is 0. The Balaban J connectivity index is 0. The fourth-order valence-corrected chi connectivity index (χ4v) is 0. The zero-order chi connectivity index (χ0) is 0. The molecule has 12 heteroatoms. The smallest absolute Gasteiger partial charge is 0.412 e. The quantitative estimate of drug-likeness (QED) is 0.399. The first-order valence-corrected chi connectivity index (χ1v) is 0. The van der Waals surface area contributed by atoms with Crippen LogP contribution in [0.1, 0.15) is 1.43 Å². The molecule has 0 aromatic carbocycles. The van der Waals surface area contributed by atoms with E-state index in [9.17, 15) is 0 Å². The first-order valence-electron chi connectivity index (χ1n) is 0. The van der Waals surface area contributed by atoms with E-state index in [1.54, 1.807) is 0 Å². The SMILES string of the molecule is O.O.O.O.O.O.O.O.O.O.[Cr].[Cr].[H+]. The summed E-state index contributed by atoms with van der Waals surface area (Å²) < 4.78 is 0. The van der Waals surface area contributed by atoms with Crippen molar-refractivity contribution in [3.8, 4) is 0 Å². The minimum absolute atomic E-state index is 0. The van der Waals surface area contributed by atoms with E-state index in [0.29, 0.717) is 0 Å². The topological polar surface area (TPSA) is 315 Å². The molecule has 10 nitrogen and oxygen atoms in total. The molecule has 0 heterocycles. The van der Waals surface area contributed by atoms with Crippen LogP contribution < -0.4 is 0 Å². The summed E-state index contributed by atoms with van der Waals surface area (Å²) in [7, 11) is 0. The Morgan fingerprint density at radius 2 is 0.250 bits per heavy atom. The first-order chi connectivity index (χ1) is 0. The van der Waals surface area contributed by atoms with Crippen molar-refractivity contribution in [1.29, 1.82) is 0 Å². The van der Waals surface area contributed by atoms with Gasteiger partial charge < -0.3 is 54.8 Å². The van der Waals surface area contributed by atoms with Crippen molar-refractivity contribution in [2.24, 2.45) is 0 Å². The maximum Gasteiger partial charge on any atom is 1.00 e. The van der Waals surface area contributed by atoms with E-state index >= 15 is 0 Å². The van der Waals surface area contributed by atoms with E-state index in [2.05, 4.69) is 0 Å². The third-order valence-corrected chi connectivity index (χ3v) is 0. The van der Waals surface area contributed by atoms with Gasteiger partial charge in [-0.1, -0.05) is 0 Å². The van der Waals surface area contributed by atoms with Crippen LogP contribution in [0.2, 0.25) is 0 Å². The molecule has 0 rings (SSSR count). The normalized spacial score (nSPS) is 0. The Hall–Kier alpha value is 0.665. The second-order valence-corrected chi connectivity index (χ2v) is 0. The molecule has 0 bridgehead atoms. The average Bonchev–Trinajstić information content (AvgIpc) is 0. The standard InChI is InChI=1S/2Cr.10H2O/h;;10*1H2/p+1. The summed E-state index contributed by atoms with van der Waals surface area (Å²) in [5.41, 5.74) is 0. The summed E-state index contributed by atoms with van der Waals surface area (Å²) in [4.78, 5) is 0. The predicted octanol–water partition coefficient (Wildman–Crippen LogP) is -8.14. The molecule has 20 N–H and O–H groups in total. The van der Waals surface area contributed by atoms with Gasteiger partial charge in [-0.2, -0.15) is 0 Å². The largest absolute Gasteiger partial charge is 1.00 e. The molecule has 0 saturated carbocycles. The van der Waals surface area contributed by atoms with Gasteiger partial charge in [-0.3, -0.25) is 0 Å². The van der Waals surface area contributed by atoms with Gasteiger partial charge in [0.25, 0.3) is 0 Å². The summed E-state index contributed by atoms with van der Waals surface area (Å²) in [6.45, 7) is 0. The van der Waals surface area contributed by atoms with E-state index in [1.165, 1.54) is 0 Å². The zero-order valence-electron chi connectivity index (χ0n) is 6.82. The van der Waals surface area contributed by atoms with Crippen LogP contribution in [0.3, 0.4) is 0 Å². The van der Waals surface area contributed by atoms with Crippen LogP contribution in [0.4, 0.5) is 0 Å². The summed E-state index contributed by atoms with van der Waals surface area (Å²) in [5.74, 6) is 0. The fraction of sp³-hybridized carbons (Fsp3) is 0. The van der Waals surface area contributed by atoms with Gasteiger partial charge in [0.15, 0.2) is 0 Å². The summed E-state index contributed by atoms with van der Waals surface area (Å²) in [5, 5.41) is 0. The molecule has 0 atom stereocenters. The second kappa shape index (κ2) is 3000. The molecule has 0 amide bonds. The van der Waals surface area contributed by atoms with Crippen LogP contribution >= 0.6 is 0 Å². The summed E-state index contributed by atoms with van der Waals surface area (Å²) in [6, 6.07) is 0. The molecule has 0 aromatic heterocycles. The van der Waals surface area contributed by atoms with Crippen LogP contribution in [0.15, 0.2) is 0 Å². The third kappa shape index (κ3) is 2250. The number of rotatable bonds is 0. The van der Waals surface area contributed by atoms with E-state index < -0.39 is 0 Å². The number of hydrogen-bond donors (Lipinski definition) is 0. The molecule has 0 saturated heterocycles. The Labute approximate surface area is 91.4 Å². The second-order valence-electron chi connectivity index (χ2n) is 0. The van der Waals surface area contributed by atoms with E-state index in [1.807, 2.05) is 0 Å². The molecule has 92 valence electrons. The van der Waals surface area contributed by atoms with Gasteiger partial charge in [0.05, 0.1) is 0 Å². The molecule has 0 aliphatic rings. The minimum Gasteiger partial charge on any atom is -0.412 e. The number of hydrogen-bond acceptors (Lipinski definition) is 0. The third-order valence-electron chi connectivity index (χ3n) is 0. The van der Waals surface area contributed by atoms with E-state index in [0.717, 1.165) is 0 Å². The Morgan fingerprint density at radius 1 is 0.250 bits per heavy atom. The van der Waals surface area contributed by atoms with Crippen molar-refractivity contribution in [1.82, 2.24) is 0 Å². The Bertz CT molecular complexity index is 12.9. The van der Waals surface area contributed by atoms with Crippen molar-refractivity contribution >= 4 is 0 Å².